The van der Waals surface area contributed by atoms with Gasteiger partial charge in [0.15, 0.2) is 5.82 Å². The van der Waals surface area contributed by atoms with Crippen LogP contribution in [-0.4, -0.2) is 30.1 Å². The summed E-state index contributed by atoms with van der Waals surface area (Å²) in [5.74, 6) is 5.37. The molecule has 19 heavy (non-hydrogen) atoms. The van der Waals surface area contributed by atoms with E-state index in [-0.39, 0.29) is 18.1 Å². The Labute approximate surface area is 116 Å². The van der Waals surface area contributed by atoms with Gasteiger partial charge in [0.2, 0.25) is 0 Å². The molecule has 2 atom stereocenters. The molecule has 1 aliphatic rings. The first-order chi connectivity index (χ1) is 9.15. The number of hydrazine groups is 1. The molecule has 104 valence electrons. The minimum Gasteiger partial charge on any atom is -0.379 e. The van der Waals surface area contributed by atoms with E-state index in [0.717, 1.165) is 19.3 Å². The molecule has 2 rings (SSSR count). The number of anilines is 1. The molecule has 1 fully saturated rings. The summed E-state index contributed by atoms with van der Waals surface area (Å²) in [6.45, 7) is 0. The second kappa shape index (κ2) is 6.18. The second-order valence-corrected chi connectivity index (χ2v) is 4.89. The molecule has 0 aliphatic heterocycles. The Morgan fingerprint density at radius 3 is 3.00 bits per heavy atom. The van der Waals surface area contributed by atoms with E-state index >= 15 is 0 Å². The smallest absolute Gasteiger partial charge is 0.253 e. The lowest BCUT2D eigenvalue weighted by Gasteiger charge is -2.19. The van der Waals surface area contributed by atoms with E-state index in [4.69, 9.17) is 22.2 Å². The number of pyridine rings is 1. The van der Waals surface area contributed by atoms with E-state index in [9.17, 15) is 4.79 Å². The van der Waals surface area contributed by atoms with Gasteiger partial charge in [-0.05, 0) is 25.3 Å². The topological polar surface area (TPSA) is 89.3 Å². The standard InChI is InChI=1S/C12H17ClN4O2/c1-19-10-4-2-3-9(10)16-12(18)7-5-8(13)11(17-14)15-6-7/h5-6,9-10H,2-4,14H2,1H3,(H,15,17)(H,16,18). The van der Waals surface area contributed by atoms with Gasteiger partial charge in [-0.1, -0.05) is 11.6 Å². The Hall–Kier alpha value is -1.37. The maximum atomic E-state index is 12.1. The number of carbonyl (C=O) groups excluding carboxylic acids is 1. The first-order valence-electron chi connectivity index (χ1n) is 6.11. The van der Waals surface area contributed by atoms with E-state index in [1.54, 1.807) is 7.11 Å². The highest BCUT2D eigenvalue weighted by Crippen LogP contribution is 2.23. The lowest BCUT2D eigenvalue weighted by Crippen LogP contribution is -2.40. The van der Waals surface area contributed by atoms with Gasteiger partial charge < -0.3 is 15.5 Å². The number of hydrogen-bond acceptors (Lipinski definition) is 5. The van der Waals surface area contributed by atoms with Gasteiger partial charge in [-0.25, -0.2) is 10.8 Å². The van der Waals surface area contributed by atoms with Crippen molar-refractivity contribution < 1.29 is 9.53 Å². The molecule has 0 saturated heterocycles. The molecule has 1 aromatic heterocycles. The van der Waals surface area contributed by atoms with Gasteiger partial charge in [0.25, 0.3) is 5.91 Å². The fraction of sp³-hybridized carbons (Fsp3) is 0.500. The van der Waals surface area contributed by atoms with Crippen molar-refractivity contribution in [1.82, 2.24) is 10.3 Å². The summed E-state index contributed by atoms with van der Waals surface area (Å²) in [6, 6.07) is 1.58. The van der Waals surface area contributed by atoms with E-state index in [2.05, 4.69) is 15.7 Å². The molecular formula is C12H17ClN4O2. The van der Waals surface area contributed by atoms with E-state index in [1.165, 1.54) is 12.3 Å². The summed E-state index contributed by atoms with van der Waals surface area (Å²) in [7, 11) is 1.66. The molecule has 0 radical (unpaired) electrons. The molecule has 7 heteroatoms. The molecule has 2 unspecified atom stereocenters. The van der Waals surface area contributed by atoms with Crippen molar-refractivity contribution in [3.05, 3.63) is 22.8 Å². The van der Waals surface area contributed by atoms with Crippen LogP contribution in [-0.2, 0) is 4.74 Å². The maximum absolute atomic E-state index is 12.1. The van der Waals surface area contributed by atoms with E-state index < -0.39 is 0 Å². The Morgan fingerprint density at radius 1 is 1.58 bits per heavy atom. The van der Waals surface area contributed by atoms with Crippen molar-refractivity contribution in [3.63, 3.8) is 0 Å². The van der Waals surface area contributed by atoms with Crippen molar-refractivity contribution in [2.75, 3.05) is 12.5 Å². The van der Waals surface area contributed by atoms with Crippen LogP contribution in [0, 0.1) is 0 Å². The second-order valence-electron chi connectivity index (χ2n) is 4.48. The van der Waals surface area contributed by atoms with Crippen LogP contribution < -0.4 is 16.6 Å². The number of halogens is 1. The molecule has 1 amide bonds. The number of methoxy groups -OCH3 is 1. The molecule has 0 spiro atoms. The molecule has 0 bridgehead atoms. The Bertz CT molecular complexity index is 469. The summed E-state index contributed by atoms with van der Waals surface area (Å²) < 4.78 is 5.34. The first kappa shape index (κ1) is 14.0. The number of carbonyl (C=O) groups is 1. The number of ether oxygens (including phenoxy) is 1. The maximum Gasteiger partial charge on any atom is 0.253 e. The number of amides is 1. The SMILES string of the molecule is COC1CCCC1NC(=O)c1cnc(NN)c(Cl)c1. The predicted molar refractivity (Wildman–Crippen MR) is 73.0 cm³/mol. The largest absolute Gasteiger partial charge is 0.379 e. The first-order valence-corrected chi connectivity index (χ1v) is 6.49. The third-order valence-corrected chi connectivity index (χ3v) is 3.60. The number of nitrogens with two attached hydrogens (primary N) is 1. The van der Waals surface area contributed by atoms with Crippen molar-refractivity contribution in [2.45, 2.75) is 31.4 Å². The molecule has 4 N–H and O–H groups in total. The fourth-order valence-electron chi connectivity index (χ4n) is 2.29. The van der Waals surface area contributed by atoms with Gasteiger partial charge in [0.1, 0.15) is 0 Å². The Morgan fingerprint density at radius 2 is 2.37 bits per heavy atom. The van der Waals surface area contributed by atoms with Gasteiger partial charge in [0.05, 0.1) is 22.7 Å². The molecular weight excluding hydrogens is 268 g/mol. The van der Waals surface area contributed by atoms with Crippen LogP contribution in [0.3, 0.4) is 0 Å². The monoisotopic (exact) mass is 284 g/mol. The zero-order chi connectivity index (χ0) is 13.8. The summed E-state index contributed by atoms with van der Waals surface area (Å²) in [4.78, 5) is 16.1. The number of aromatic nitrogens is 1. The minimum absolute atomic E-state index is 0.0450. The summed E-state index contributed by atoms with van der Waals surface area (Å²) >= 11 is 5.94. The van der Waals surface area contributed by atoms with Gasteiger partial charge in [-0.3, -0.25) is 4.79 Å². The lowest BCUT2D eigenvalue weighted by atomic mass is 10.2. The van der Waals surface area contributed by atoms with Crippen LogP contribution in [0.4, 0.5) is 5.82 Å². The highest BCUT2D eigenvalue weighted by Gasteiger charge is 2.28. The quantitative estimate of drug-likeness (QED) is 0.573. The van der Waals surface area contributed by atoms with Crippen LogP contribution in [0.2, 0.25) is 5.02 Å². The van der Waals surface area contributed by atoms with Crippen LogP contribution in [0.15, 0.2) is 12.3 Å². The Kier molecular flexibility index (Phi) is 4.57. The third-order valence-electron chi connectivity index (χ3n) is 3.31. The fourth-order valence-corrected chi connectivity index (χ4v) is 2.51. The van der Waals surface area contributed by atoms with Crippen molar-refractivity contribution in [3.8, 4) is 0 Å². The highest BCUT2D eigenvalue weighted by molar-refractivity contribution is 6.33. The minimum atomic E-state index is -0.202. The normalized spacial score (nSPS) is 22.3. The molecule has 1 aromatic rings. The number of nitrogen functional groups attached to an aromatic ring is 1. The van der Waals surface area contributed by atoms with Crippen LogP contribution in [0.5, 0.6) is 0 Å². The van der Waals surface area contributed by atoms with Gasteiger partial charge in [-0.2, -0.15) is 0 Å². The number of nitrogens with one attached hydrogen (secondary N) is 2. The van der Waals surface area contributed by atoms with Gasteiger partial charge >= 0.3 is 0 Å². The zero-order valence-corrected chi connectivity index (χ0v) is 11.4. The van der Waals surface area contributed by atoms with Crippen molar-refractivity contribution in [2.24, 2.45) is 5.84 Å². The predicted octanol–water partition coefficient (Wildman–Crippen LogP) is 1.32. The average molecular weight is 285 g/mol. The number of hydrogen-bond donors (Lipinski definition) is 3. The summed E-state index contributed by atoms with van der Waals surface area (Å²) in [5, 5.41) is 3.26. The molecule has 6 nitrogen and oxygen atoms in total. The van der Waals surface area contributed by atoms with Crippen molar-refractivity contribution >= 4 is 23.3 Å². The van der Waals surface area contributed by atoms with Crippen LogP contribution in [0.25, 0.3) is 0 Å². The van der Waals surface area contributed by atoms with Gasteiger partial charge in [-0.15, -0.1) is 0 Å². The lowest BCUT2D eigenvalue weighted by molar-refractivity contribution is 0.0722. The van der Waals surface area contributed by atoms with Crippen molar-refractivity contribution in [1.29, 1.82) is 0 Å². The Balaban J connectivity index is 2.05. The molecule has 1 aliphatic carbocycles. The number of rotatable bonds is 4. The van der Waals surface area contributed by atoms with E-state index in [1.807, 2.05) is 0 Å². The third kappa shape index (κ3) is 3.15. The highest BCUT2D eigenvalue weighted by atomic mass is 35.5. The van der Waals surface area contributed by atoms with E-state index in [0.29, 0.717) is 16.4 Å². The zero-order valence-electron chi connectivity index (χ0n) is 10.6. The summed E-state index contributed by atoms with van der Waals surface area (Å²) in [5.41, 5.74) is 2.76. The molecule has 1 saturated carbocycles. The summed E-state index contributed by atoms with van der Waals surface area (Å²) in [6.07, 6.45) is 4.47. The number of nitrogens with zero attached hydrogens (tertiary/aromatic N) is 1. The molecule has 0 aromatic carbocycles. The average Bonchev–Trinajstić information content (AvgIpc) is 2.85. The van der Waals surface area contributed by atoms with Crippen LogP contribution in [0.1, 0.15) is 29.6 Å². The molecule has 1 heterocycles. The van der Waals surface area contributed by atoms with Crippen LogP contribution >= 0.6 is 11.6 Å². The van der Waals surface area contributed by atoms with Gasteiger partial charge in [0, 0.05) is 13.3 Å².